The first-order valence-electron chi connectivity index (χ1n) is 4.91. The van der Waals surface area contributed by atoms with Crippen molar-refractivity contribution in [3.8, 4) is 0 Å². The van der Waals surface area contributed by atoms with Crippen LogP contribution in [-0.4, -0.2) is 22.5 Å². The summed E-state index contributed by atoms with van der Waals surface area (Å²) in [6.07, 6.45) is 4.95. The van der Waals surface area contributed by atoms with Gasteiger partial charge in [0.05, 0.1) is 10.7 Å². The third-order valence-corrected chi connectivity index (χ3v) is 4.90. The molecule has 14 heavy (non-hydrogen) atoms. The number of aromatic nitrogens is 1. The molecule has 0 spiro atoms. The van der Waals surface area contributed by atoms with Gasteiger partial charge in [-0.2, -0.15) is 11.8 Å². The van der Waals surface area contributed by atoms with E-state index in [1.165, 1.54) is 18.5 Å². The van der Waals surface area contributed by atoms with Crippen molar-refractivity contribution in [1.29, 1.82) is 0 Å². The van der Waals surface area contributed by atoms with E-state index in [-0.39, 0.29) is 0 Å². The highest BCUT2D eigenvalue weighted by atomic mass is 32.2. The van der Waals surface area contributed by atoms with Gasteiger partial charge in [0.2, 0.25) is 0 Å². The first-order chi connectivity index (χ1) is 6.74. The van der Waals surface area contributed by atoms with Crippen LogP contribution in [0.1, 0.15) is 23.5 Å². The molecule has 0 saturated heterocycles. The minimum Gasteiger partial charge on any atom is -0.310 e. The topological polar surface area (TPSA) is 24.9 Å². The largest absolute Gasteiger partial charge is 0.310 e. The number of nitrogens with zero attached hydrogens (tertiary/aromatic N) is 1. The Morgan fingerprint density at radius 1 is 1.64 bits per heavy atom. The van der Waals surface area contributed by atoms with E-state index in [0.29, 0.717) is 4.75 Å². The fraction of sp³-hybridized carbons (Fsp3) is 0.700. The van der Waals surface area contributed by atoms with Crippen LogP contribution in [0.15, 0.2) is 5.38 Å². The van der Waals surface area contributed by atoms with Gasteiger partial charge in [-0.25, -0.2) is 4.98 Å². The molecule has 1 aliphatic carbocycles. The maximum Gasteiger partial charge on any atom is 0.0897 e. The number of thiazole rings is 1. The van der Waals surface area contributed by atoms with Crippen LogP contribution in [0.25, 0.3) is 0 Å². The highest BCUT2D eigenvalue weighted by molar-refractivity contribution is 8.00. The first kappa shape index (κ1) is 10.5. The first-order valence-corrected chi connectivity index (χ1v) is 7.01. The molecule has 1 aliphatic rings. The summed E-state index contributed by atoms with van der Waals surface area (Å²) in [6.45, 7) is 4.11. The number of rotatable bonds is 5. The van der Waals surface area contributed by atoms with Crippen LogP contribution in [0.5, 0.6) is 0 Å². The fourth-order valence-electron chi connectivity index (χ4n) is 1.50. The standard InChI is InChI=1S/C10H16N2S2/c1-8-12-9(6-14-8)5-11-7-10(13-2)3-4-10/h6,11H,3-5,7H2,1-2H3. The van der Waals surface area contributed by atoms with Crippen molar-refractivity contribution in [3.05, 3.63) is 16.1 Å². The van der Waals surface area contributed by atoms with Gasteiger partial charge in [0.25, 0.3) is 0 Å². The molecule has 0 atom stereocenters. The van der Waals surface area contributed by atoms with E-state index in [2.05, 4.69) is 28.9 Å². The van der Waals surface area contributed by atoms with Crippen LogP contribution in [0.2, 0.25) is 0 Å². The molecule has 0 aromatic carbocycles. The van der Waals surface area contributed by atoms with Crippen LogP contribution in [0.3, 0.4) is 0 Å². The van der Waals surface area contributed by atoms with E-state index in [0.717, 1.165) is 18.1 Å². The van der Waals surface area contributed by atoms with E-state index in [4.69, 9.17) is 0 Å². The Balaban J connectivity index is 1.73. The van der Waals surface area contributed by atoms with Crippen molar-refractivity contribution in [3.63, 3.8) is 0 Å². The Morgan fingerprint density at radius 2 is 2.43 bits per heavy atom. The lowest BCUT2D eigenvalue weighted by Crippen LogP contribution is -2.25. The molecular weight excluding hydrogens is 212 g/mol. The summed E-state index contributed by atoms with van der Waals surface area (Å²) in [4.78, 5) is 4.43. The summed E-state index contributed by atoms with van der Waals surface area (Å²) < 4.78 is 0.561. The van der Waals surface area contributed by atoms with E-state index >= 15 is 0 Å². The molecule has 0 amide bonds. The van der Waals surface area contributed by atoms with Crippen LogP contribution in [-0.2, 0) is 6.54 Å². The van der Waals surface area contributed by atoms with Gasteiger partial charge >= 0.3 is 0 Å². The average molecular weight is 228 g/mol. The lowest BCUT2D eigenvalue weighted by Gasteiger charge is -2.11. The van der Waals surface area contributed by atoms with Crippen molar-refractivity contribution < 1.29 is 0 Å². The Bertz CT molecular complexity index is 305. The third kappa shape index (κ3) is 2.49. The molecule has 2 nitrogen and oxygen atoms in total. The van der Waals surface area contributed by atoms with Gasteiger partial charge in [0.15, 0.2) is 0 Å². The maximum atomic E-state index is 4.43. The molecule has 0 aliphatic heterocycles. The van der Waals surface area contributed by atoms with Gasteiger partial charge in [0, 0.05) is 23.2 Å². The number of hydrogen-bond acceptors (Lipinski definition) is 4. The smallest absolute Gasteiger partial charge is 0.0897 e. The second kappa shape index (κ2) is 4.21. The predicted octanol–water partition coefficient (Wildman–Crippen LogP) is 2.44. The summed E-state index contributed by atoms with van der Waals surface area (Å²) in [6, 6.07) is 0. The second-order valence-corrected chi connectivity index (χ2v) is 6.19. The molecule has 0 bridgehead atoms. The zero-order valence-corrected chi connectivity index (χ0v) is 10.3. The molecule has 1 fully saturated rings. The summed E-state index contributed by atoms with van der Waals surface area (Å²) in [5.74, 6) is 0. The lowest BCUT2D eigenvalue weighted by atomic mass is 10.4. The minimum atomic E-state index is 0.561. The quantitative estimate of drug-likeness (QED) is 0.838. The summed E-state index contributed by atoms with van der Waals surface area (Å²) in [7, 11) is 0. The van der Waals surface area contributed by atoms with Crippen molar-refractivity contribution in [1.82, 2.24) is 10.3 Å². The molecular formula is C10H16N2S2. The highest BCUT2D eigenvalue weighted by Crippen LogP contribution is 2.46. The summed E-state index contributed by atoms with van der Waals surface area (Å²) in [5.41, 5.74) is 1.18. The van der Waals surface area contributed by atoms with E-state index in [1.54, 1.807) is 11.3 Å². The van der Waals surface area contributed by atoms with E-state index in [9.17, 15) is 0 Å². The van der Waals surface area contributed by atoms with Gasteiger partial charge in [0.1, 0.15) is 0 Å². The SMILES string of the molecule is CSC1(CNCc2csc(C)n2)CC1. The Kier molecular flexibility index (Phi) is 3.14. The molecule has 1 N–H and O–H groups in total. The Labute approximate surface area is 93.5 Å². The molecule has 78 valence electrons. The number of hydrogen-bond donors (Lipinski definition) is 1. The lowest BCUT2D eigenvalue weighted by molar-refractivity contribution is 0.654. The molecule has 1 saturated carbocycles. The van der Waals surface area contributed by atoms with Crippen molar-refractivity contribution in [2.75, 3.05) is 12.8 Å². The molecule has 1 aromatic heterocycles. The maximum absolute atomic E-state index is 4.43. The minimum absolute atomic E-state index is 0.561. The van der Waals surface area contributed by atoms with Crippen LogP contribution < -0.4 is 5.32 Å². The zero-order valence-electron chi connectivity index (χ0n) is 8.67. The summed E-state index contributed by atoms with van der Waals surface area (Å²) in [5, 5.41) is 6.79. The molecule has 1 aromatic rings. The number of aryl methyl sites for hydroxylation is 1. The van der Waals surface area contributed by atoms with Crippen molar-refractivity contribution in [2.24, 2.45) is 0 Å². The molecule has 0 unspecified atom stereocenters. The van der Waals surface area contributed by atoms with Crippen LogP contribution in [0, 0.1) is 6.92 Å². The van der Waals surface area contributed by atoms with Crippen LogP contribution in [0.4, 0.5) is 0 Å². The molecule has 1 heterocycles. The fourth-order valence-corrected chi connectivity index (χ4v) is 2.87. The van der Waals surface area contributed by atoms with Crippen LogP contribution >= 0.6 is 23.1 Å². The van der Waals surface area contributed by atoms with Crippen molar-refractivity contribution in [2.45, 2.75) is 31.1 Å². The third-order valence-electron chi connectivity index (χ3n) is 2.66. The molecule has 0 radical (unpaired) electrons. The normalized spacial score (nSPS) is 18.4. The molecule has 2 rings (SSSR count). The van der Waals surface area contributed by atoms with Gasteiger partial charge in [-0.05, 0) is 26.0 Å². The predicted molar refractivity (Wildman–Crippen MR) is 64.0 cm³/mol. The highest BCUT2D eigenvalue weighted by Gasteiger charge is 2.41. The molecule has 4 heteroatoms. The second-order valence-electron chi connectivity index (χ2n) is 3.85. The average Bonchev–Trinajstić information content (AvgIpc) is 2.84. The number of thioether (sulfide) groups is 1. The summed E-state index contributed by atoms with van der Waals surface area (Å²) >= 11 is 3.73. The van der Waals surface area contributed by atoms with Gasteiger partial charge in [-0.1, -0.05) is 0 Å². The van der Waals surface area contributed by atoms with E-state index < -0.39 is 0 Å². The number of nitrogens with one attached hydrogen (secondary N) is 1. The van der Waals surface area contributed by atoms with Gasteiger partial charge < -0.3 is 5.32 Å². The Morgan fingerprint density at radius 3 is 2.93 bits per heavy atom. The Hall–Kier alpha value is -0.0600. The zero-order chi connectivity index (χ0) is 10.0. The van der Waals surface area contributed by atoms with Gasteiger partial charge in [-0.3, -0.25) is 0 Å². The monoisotopic (exact) mass is 228 g/mol. The van der Waals surface area contributed by atoms with Gasteiger partial charge in [-0.15, -0.1) is 11.3 Å². The van der Waals surface area contributed by atoms with E-state index in [1.807, 2.05) is 11.8 Å². The van der Waals surface area contributed by atoms with Crippen molar-refractivity contribution >= 4 is 23.1 Å².